The lowest BCUT2D eigenvalue weighted by molar-refractivity contribution is 0.0312. The molecule has 3 heteroatoms. The molecule has 1 saturated heterocycles. The van der Waals surface area contributed by atoms with Gasteiger partial charge in [-0.15, -0.1) is 0 Å². The Labute approximate surface area is 113 Å². The summed E-state index contributed by atoms with van der Waals surface area (Å²) in [6.07, 6.45) is 6.97. The summed E-state index contributed by atoms with van der Waals surface area (Å²) in [4.78, 5) is 5.37. The summed E-state index contributed by atoms with van der Waals surface area (Å²) in [5, 5.41) is 3.41. The zero-order valence-corrected chi connectivity index (χ0v) is 12.7. The van der Waals surface area contributed by atoms with Crippen molar-refractivity contribution in [1.29, 1.82) is 0 Å². The maximum absolute atomic E-state index is 3.41. The Morgan fingerprint density at radius 2 is 1.89 bits per heavy atom. The number of nitrogens with zero attached hydrogens (tertiary/aromatic N) is 2. The van der Waals surface area contributed by atoms with Crippen molar-refractivity contribution in [3.8, 4) is 0 Å². The average Bonchev–Trinajstić information content (AvgIpc) is 2.76. The van der Waals surface area contributed by atoms with Crippen LogP contribution in [0.1, 0.15) is 46.0 Å². The Kier molecular flexibility index (Phi) is 4.68. The molecule has 1 aliphatic heterocycles. The molecule has 0 aromatic carbocycles. The lowest BCUT2D eigenvalue weighted by atomic mass is 9.93. The maximum atomic E-state index is 3.41. The largest absolute Gasteiger partial charge is 0.318 e. The number of likely N-dealkylation sites (N-methyl/N-ethyl adjacent to an activating group) is 2. The summed E-state index contributed by atoms with van der Waals surface area (Å²) in [5.74, 6) is 0. The summed E-state index contributed by atoms with van der Waals surface area (Å²) >= 11 is 0. The van der Waals surface area contributed by atoms with Crippen LogP contribution in [0.3, 0.4) is 0 Å². The van der Waals surface area contributed by atoms with Crippen LogP contribution in [0.5, 0.6) is 0 Å². The zero-order chi connectivity index (χ0) is 13.2. The molecular weight excluding hydrogens is 222 g/mol. The van der Waals surface area contributed by atoms with E-state index in [4.69, 9.17) is 0 Å². The van der Waals surface area contributed by atoms with Crippen molar-refractivity contribution in [2.45, 2.75) is 63.6 Å². The highest BCUT2D eigenvalue weighted by atomic mass is 15.3. The van der Waals surface area contributed by atoms with Gasteiger partial charge in [0.1, 0.15) is 0 Å². The van der Waals surface area contributed by atoms with Gasteiger partial charge in [-0.25, -0.2) is 0 Å². The van der Waals surface area contributed by atoms with Gasteiger partial charge in [-0.3, -0.25) is 4.90 Å². The van der Waals surface area contributed by atoms with E-state index in [0.717, 1.165) is 12.6 Å². The predicted molar refractivity (Wildman–Crippen MR) is 78.0 cm³/mol. The lowest BCUT2D eigenvalue weighted by Crippen LogP contribution is -2.57. The predicted octanol–water partition coefficient (Wildman–Crippen LogP) is 1.93. The fraction of sp³-hybridized carbons (Fsp3) is 1.00. The van der Waals surface area contributed by atoms with Crippen LogP contribution in [0.4, 0.5) is 0 Å². The van der Waals surface area contributed by atoms with Gasteiger partial charge in [0.05, 0.1) is 0 Å². The van der Waals surface area contributed by atoms with Crippen LogP contribution in [-0.4, -0.2) is 61.2 Å². The second-order valence-electron chi connectivity index (χ2n) is 6.88. The minimum absolute atomic E-state index is 0.348. The van der Waals surface area contributed by atoms with Gasteiger partial charge in [0, 0.05) is 30.7 Å². The number of nitrogens with one attached hydrogen (secondary N) is 1. The van der Waals surface area contributed by atoms with Gasteiger partial charge in [-0.05, 0) is 53.8 Å². The Bertz CT molecular complexity index is 258. The Hall–Kier alpha value is -0.120. The number of rotatable bonds is 3. The Morgan fingerprint density at radius 3 is 2.50 bits per heavy atom. The molecule has 2 aliphatic rings. The molecule has 1 aliphatic carbocycles. The van der Waals surface area contributed by atoms with Gasteiger partial charge in [-0.2, -0.15) is 0 Å². The SMILES string of the molecule is CNCC1CN(C)CCC(C)(C)N1C1CCCC1. The standard InChI is InChI=1S/C15H31N3/c1-15(2)9-10-17(4)12-14(11-16-3)18(15)13-7-5-6-8-13/h13-14,16H,5-12H2,1-4H3. The number of hydrogen-bond donors (Lipinski definition) is 1. The molecule has 0 aromatic heterocycles. The minimum atomic E-state index is 0.348. The summed E-state index contributed by atoms with van der Waals surface area (Å²) in [6, 6.07) is 1.49. The first-order valence-corrected chi connectivity index (χ1v) is 7.66. The molecule has 1 N–H and O–H groups in total. The highest BCUT2D eigenvalue weighted by molar-refractivity contribution is 4.97. The van der Waals surface area contributed by atoms with Crippen LogP contribution in [0, 0.1) is 0 Å². The fourth-order valence-electron chi connectivity index (χ4n) is 4.00. The van der Waals surface area contributed by atoms with Crippen LogP contribution in [0.2, 0.25) is 0 Å². The third-order valence-electron chi connectivity index (χ3n) is 4.88. The van der Waals surface area contributed by atoms with E-state index in [1.165, 1.54) is 45.2 Å². The molecule has 1 atom stereocenters. The van der Waals surface area contributed by atoms with E-state index in [9.17, 15) is 0 Å². The molecule has 1 unspecified atom stereocenters. The molecule has 0 aromatic rings. The molecule has 0 bridgehead atoms. The summed E-state index contributed by atoms with van der Waals surface area (Å²) in [6.45, 7) is 8.46. The van der Waals surface area contributed by atoms with Crippen molar-refractivity contribution in [1.82, 2.24) is 15.1 Å². The van der Waals surface area contributed by atoms with Crippen LogP contribution in [0.25, 0.3) is 0 Å². The van der Waals surface area contributed by atoms with Crippen LogP contribution in [-0.2, 0) is 0 Å². The van der Waals surface area contributed by atoms with E-state index < -0.39 is 0 Å². The monoisotopic (exact) mass is 253 g/mol. The number of hydrogen-bond acceptors (Lipinski definition) is 3. The normalized spacial score (nSPS) is 31.7. The van der Waals surface area contributed by atoms with Gasteiger partial charge in [-0.1, -0.05) is 12.8 Å². The quantitative estimate of drug-likeness (QED) is 0.829. The van der Waals surface area contributed by atoms with Gasteiger partial charge in [0.2, 0.25) is 0 Å². The van der Waals surface area contributed by atoms with Gasteiger partial charge >= 0.3 is 0 Å². The van der Waals surface area contributed by atoms with Crippen molar-refractivity contribution in [2.75, 3.05) is 33.7 Å². The third-order valence-corrected chi connectivity index (χ3v) is 4.88. The van der Waals surface area contributed by atoms with Gasteiger partial charge in [0.25, 0.3) is 0 Å². The molecule has 0 radical (unpaired) electrons. The molecule has 0 amide bonds. The first-order chi connectivity index (χ1) is 8.54. The highest BCUT2D eigenvalue weighted by Gasteiger charge is 2.40. The Balaban J connectivity index is 2.19. The van der Waals surface area contributed by atoms with E-state index in [1.54, 1.807) is 0 Å². The topological polar surface area (TPSA) is 18.5 Å². The van der Waals surface area contributed by atoms with Crippen molar-refractivity contribution in [3.05, 3.63) is 0 Å². The van der Waals surface area contributed by atoms with E-state index >= 15 is 0 Å². The smallest absolute Gasteiger partial charge is 0.0355 e. The third kappa shape index (κ3) is 3.06. The second-order valence-corrected chi connectivity index (χ2v) is 6.88. The first kappa shape index (κ1) is 14.3. The van der Waals surface area contributed by atoms with E-state index in [0.29, 0.717) is 11.6 Å². The molecule has 2 fully saturated rings. The fourth-order valence-corrected chi connectivity index (χ4v) is 4.00. The van der Waals surface area contributed by atoms with Crippen LogP contribution in [0.15, 0.2) is 0 Å². The maximum Gasteiger partial charge on any atom is 0.0355 e. The van der Waals surface area contributed by atoms with E-state index in [1.807, 2.05) is 0 Å². The van der Waals surface area contributed by atoms with Crippen molar-refractivity contribution < 1.29 is 0 Å². The molecule has 1 saturated carbocycles. The molecule has 0 spiro atoms. The average molecular weight is 253 g/mol. The molecule has 3 nitrogen and oxygen atoms in total. The molecular formula is C15H31N3. The summed E-state index contributed by atoms with van der Waals surface area (Å²) in [7, 11) is 4.36. The molecule has 18 heavy (non-hydrogen) atoms. The van der Waals surface area contributed by atoms with Crippen molar-refractivity contribution in [2.24, 2.45) is 0 Å². The highest BCUT2D eigenvalue weighted by Crippen LogP contribution is 2.34. The molecule has 106 valence electrons. The lowest BCUT2D eigenvalue weighted by Gasteiger charge is -2.46. The first-order valence-electron chi connectivity index (χ1n) is 7.66. The zero-order valence-electron chi connectivity index (χ0n) is 12.7. The van der Waals surface area contributed by atoms with Crippen molar-refractivity contribution in [3.63, 3.8) is 0 Å². The van der Waals surface area contributed by atoms with Crippen molar-refractivity contribution >= 4 is 0 Å². The van der Waals surface area contributed by atoms with Gasteiger partial charge < -0.3 is 10.2 Å². The molecule has 2 rings (SSSR count). The van der Waals surface area contributed by atoms with Crippen LogP contribution < -0.4 is 5.32 Å². The minimum Gasteiger partial charge on any atom is -0.318 e. The van der Waals surface area contributed by atoms with Gasteiger partial charge in [0.15, 0.2) is 0 Å². The summed E-state index contributed by atoms with van der Waals surface area (Å²) in [5.41, 5.74) is 0.348. The second kappa shape index (κ2) is 5.89. The van der Waals surface area contributed by atoms with E-state index in [-0.39, 0.29) is 0 Å². The van der Waals surface area contributed by atoms with E-state index in [2.05, 4.69) is 43.1 Å². The summed E-state index contributed by atoms with van der Waals surface area (Å²) < 4.78 is 0. The Morgan fingerprint density at radius 1 is 1.22 bits per heavy atom. The molecule has 1 heterocycles. The van der Waals surface area contributed by atoms with Crippen LogP contribution >= 0.6 is 0 Å².